The maximum Gasteiger partial charge on any atom is 0.164 e. The SMILES string of the molecule is CC(C)c1nc(-c2cc(-c3nc(-c4ccccc4)nc(-c4ccccc4)n3)cc(-c3nc(-c4ccccc4)nc(-c4ccc(-c5ccccc5)cc4)n3)c2)nc(C(C)C)n1. The van der Waals surface area contributed by atoms with Crippen LogP contribution in [0.3, 0.4) is 0 Å². The van der Waals surface area contributed by atoms with E-state index in [9.17, 15) is 0 Å². The molecule has 0 N–H and O–H groups in total. The average Bonchev–Trinajstić information content (AvgIpc) is 3.32. The fourth-order valence-corrected chi connectivity index (χ4v) is 6.80. The lowest BCUT2D eigenvalue weighted by molar-refractivity contribution is 0.697. The number of hydrogen-bond donors (Lipinski definition) is 0. The van der Waals surface area contributed by atoms with Crippen molar-refractivity contribution in [3.8, 4) is 90.8 Å². The zero-order valence-corrected chi connectivity index (χ0v) is 33.8. The van der Waals surface area contributed by atoms with Gasteiger partial charge < -0.3 is 0 Å². The van der Waals surface area contributed by atoms with Crippen molar-refractivity contribution in [2.75, 3.05) is 0 Å². The Morgan fingerprint density at radius 3 is 0.783 bits per heavy atom. The van der Waals surface area contributed by atoms with Gasteiger partial charge in [-0.25, -0.2) is 44.9 Å². The fourth-order valence-electron chi connectivity index (χ4n) is 6.80. The second kappa shape index (κ2) is 16.7. The van der Waals surface area contributed by atoms with Crippen LogP contribution in [0.15, 0.2) is 164 Å². The molecule has 0 aliphatic heterocycles. The molecule has 0 aliphatic carbocycles. The first kappa shape index (κ1) is 37.9. The third-order valence-electron chi connectivity index (χ3n) is 10.0. The maximum atomic E-state index is 5.16. The molecule has 0 atom stereocenters. The van der Waals surface area contributed by atoms with Crippen LogP contribution in [0.2, 0.25) is 0 Å². The smallest absolute Gasteiger partial charge is 0.164 e. The first-order valence-electron chi connectivity index (χ1n) is 20.1. The molecule has 0 aliphatic rings. The Hall–Kier alpha value is -7.65. The zero-order valence-electron chi connectivity index (χ0n) is 33.8. The van der Waals surface area contributed by atoms with Crippen LogP contribution in [-0.2, 0) is 0 Å². The number of benzene rings is 6. The van der Waals surface area contributed by atoms with Crippen LogP contribution in [0.4, 0.5) is 0 Å². The van der Waals surface area contributed by atoms with E-state index in [0.29, 0.717) is 40.8 Å². The van der Waals surface area contributed by atoms with Crippen LogP contribution in [-0.4, -0.2) is 44.9 Å². The van der Waals surface area contributed by atoms with E-state index >= 15 is 0 Å². The van der Waals surface area contributed by atoms with Gasteiger partial charge in [0.05, 0.1) is 0 Å². The minimum absolute atomic E-state index is 0.0881. The molecule has 3 aromatic heterocycles. The standard InChI is InChI=1S/C51H41N9/c1-32(2)43-52-44(33(3)4)54-49(53-43)40-29-41(50-57-45(36-19-11-6-12-20-36)55-46(58-50)37-21-13-7-14-22-37)31-42(30-40)51-59-47(38-23-15-8-16-24-38)56-48(60-51)39-27-25-35(26-28-39)34-17-9-5-10-18-34/h5-33H,1-4H3. The van der Waals surface area contributed by atoms with Crippen molar-refractivity contribution in [2.24, 2.45) is 0 Å². The highest BCUT2D eigenvalue weighted by Crippen LogP contribution is 2.34. The molecule has 0 amide bonds. The molecule has 0 spiro atoms. The van der Waals surface area contributed by atoms with Crippen LogP contribution in [0.5, 0.6) is 0 Å². The zero-order chi connectivity index (χ0) is 41.0. The lowest BCUT2D eigenvalue weighted by Gasteiger charge is -2.14. The molecule has 290 valence electrons. The number of hydrogen-bond acceptors (Lipinski definition) is 9. The van der Waals surface area contributed by atoms with Crippen molar-refractivity contribution in [3.05, 3.63) is 175 Å². The van der Waals surface area contributed by atoms with Gasteiger partial charge in [0.2, 0.25) is 0 Å². The van der Waals surface area contributed by atoms with Gasteiger partial charge in [-0.05, 0) is 29.3 Å². The lowest BCUT2D eigenvalue weighted by Crippen LogP contribution is -2.08. The molecule has 3 heterocycles. The molecule has 9 aromatic rings. The highest BCUT2D eigenvalue weighted by molar-refractivity contribution is 5.78. The van der Waals surface area contributed by atoms with Gasteiger partial charge in [-0.1, -0.05) is 173 Å². The first-order chi connectivity index (χ1) is 29.3. The molecule has 9 heteroatoms. The van der Waals surface area contributed by atoms with Crippen LogP contribution >= 0.6 is 0 Å². The molecule has 0 fully saturated rings. The van der Waals surface area contributed by atoms with Gasteiger partial charge in [0, 0.05) is 50.8 Å². The van der Waals surface area contributed by atoms with Gasteiger partial charge in [-0.2, -0.15) is 0 Å². The van der Waals surface area contributed by atoms with Gasteiger partial charge >= 0.3 is 0 Å². The molecule has 0 bridgehead atoms. The average molecular weight is 780 g/mol. The summed E-state index contributed by atoms with van der Waals surface area (Å²) in [4.78, 5) is 45.3. The van der Waals surface area contributed by atoms with E-state index in [4.69, 9.17) is 44.9 Å². The van der Waals surface area contributed by atoms with Gasteiger partial charge in [-0.3, -0.25) is 0 Å². The second-order valence-corrected chi connectivity index (χ2v) is 15.1. The Bertz CT molecular complexity index is 2820. The van der Waals surface area contributed by atoms with Crippen LogP contribution in [0.25, 0.3) is 90.8 Å². The minimum Gasteiger partial charge on any atom is -0.217 e. The Morgan fingerprint density at radius 2 is 0.467 bits per heavy atom. The monoisotopic (exact) mass is 779 g/mol. The summed E-state index contributed by atoms with van der Waals surface area (Å²) >= 11 is 0. The summed E-state index contributed by atoms with van der Waals surface area (Å²) in [7, 11) is 0. The van der Waals surface area contributed by atoms with E-state index in [0.717, 1.165) is 61.7 Å². The highest BCUT2D eigenvalue weighted by Gasteiger charge is 2.20. The van der Waals surface area contributed by atoms with Gasteiger partial charge in [0.15, 0.2) is 40.8 Å². The quantitative estimate of drug-likeness (QED) is 0.134. The molecule has 0 saturated carbocycles. The maximum absolute atomic E-state index is 5.16. The second-order valence-electron chi connectivity index (χ2n) is 15.1. The third-order valence-corrected chi connectivity index (χ3v) is 10.0. The molecular formula is C51H41N9. The van der Waals surface area contributed by atoms with E-state index in [-0.39, 0.29) is 11.8 Å². The summed E-state index contributed by atoms with van der Waals surface area (Å²) in [6.45, 7) is 8.37. The highest BCUT2D eigenvalue weighted by atomic mass is 15.1. The van der Waals surface area contributed by atoms with Crippen molar-refractivity contribution in [3.63, 3.8) is 0 Å². The Labute approximate surface area is 349 Å². The molecule has 9 nitrogen and oxygen atoms in total. The van der Waals surface area contributed by atoms with Crippen molar-refractivity contribution in [2.45, 2.75) is 39.5 Å². The Morgan fingerprint density at radius 1 is 0.233 bits per heavy atom. The Kier molecular flexibility index (Phi) is 10.5. The third kappa shape index (κ3) is 8.19. The minimum atomic E-state index is 0.0881. The summed E-state index contributed by atoms with van der Waals surface area (Å²) in [5.41, 5.74) is 7.95. The number of aromatic nitrogens is 9. The van der Waals surface area contributed by atoms with Crippen LogP contribution in [0, 0.1) is 0 Å². The summed E-state index contributed by atoms with van der Waals surface area (Å²) in [6.07, 6.45) is 0. The fraction of sp³-hybridized carbons (Fsp3) is 0.118. The topological polar surface area (TPSA) is 116 Å². The molecule has 0 unspecified atom stereocenters. The molecular weight excluding hydrogens is 739 g/mol. The molecule has 0 saturated heterocycles. The van der Waals surface area contributed by atoms with E-state index in [1.807, 2.05) is 127 Å². The predicted molar refractivity (Wildman–Crippen MR) is 238 cm³/mol. The normalized spacial score (nSPS) is 11.3. The summed E-state index contributed by atoms with van der Waals surface area (Å²) in [5.74, 6) is 5.36. The van der Waals surface area contributed by atoms with Gasteiger partial charge in [0.1, 0.15) is 11.6 Å². The number of rotatable bonds is 10. The van der Waals surface area contributed by atoms with Crippen LogP contribution in [0.1, 0.15) is 51.2 Å². The molecule has 6 aromatic carbocycles. The van der Waals surface area contributed by atoms with Gasteiger partial charge in [-0.15, -0.1) is 0 Å². The summed E-state index contributed by atoms with van der Waals surface area (Å²) in [5, 5.41) is 0. The van der Waals surface area contributed by atoms with Crippen molar-refractivity contribution < 1.29 is 0 Å². The van der Waals surface area contributed by atoms with E-state index in [1.165, 1.54) is 0 Å². The van der Waals surface area contributed by atoms with Crippen LogP contribution < -0.4 is 0 Å². The van der Waals surface area contributed by atoms with Gasteiger partial charge in [0.25, 0.3) is 0 Å². The van der Waals surface area contributed by atoms with E-state index in [2.05, 4.69) is 64.1 Å². The largest absolute Gasteiger partial charge is 0.217 e. The van der Waals surface area contributed by atoms with E-state index in [1.54, 1.807) is 0 Å². The van der Waals surface area contributed by atoms with Crippen molar-refractivity contribution >= 4 is 0 Å². The first-order valence-corrected chi connectivity index (χ1v) is 20.1. The summed E-state index contributed by atoms with van der Waals surface area (Å²) in [6, 6.07) is 54.6. The molecule has 60 heavy (non-hydrogen) atoms. The molecule has 0 radical (unpaired) electrons. The Balaban J connectivity index is 1.28. The van der Waals surface area contributed by atoms with Crippen molar-refractivity contribution in [1.29, 1.82) is 0 Å². The predicted octanol–water partition coefficient (Wildman–Crippen LogP) is 11.8. The van der Waals surface area contributed by atoms with Crippen molar-refractivity contribution in [1.82, 2.24) is 44.9 Å². The lowest BCUT2D eigenvalue weighted by atomic mass is 10.0. The summed E-state index contributed by atoms with van der Waals surface area (Å²) < 4.78 is 0. The van der Waals surface area contributed by atoms with E-state index < -0.39 is 0 Å². The molecule has 9 rings (SSSR count). The number of nitrogens with zero attached hydrogens (tertiary/aromatic N) is 9.